The number of carbonyl (C=O) groups excluding carboxylic acids is 1. The Labute approximate surface area is 204 Å². The lowest BCUT2D eigenvalue weighted by Crippen LogP contribution is -2.20. The molecule has 1 amide bonds. The molecule has 0 unspecified atom stereocenters. The number of fused-ring (bicyclic) bond motifs is 2. The number of nitrogens with zero attached hydrogens (tertiary/aromatic N) is 5. The number of rotatable bonds is 4. The number of hydrogen-bond acceptors (Lipinski definition) is 4. The third kappa shape index (κ3) is 4.53. The number of amides is 1. The van der Waals surface area contributed by atoms with Gasteiger partial charge in [-0.15, -0.1) is 0 Å². The summed E-state index contributed by atoms with van der Waals surface area (Å²) in [5.74, 6) is -0.657. The van der Waals surface area contributed by atoms with E-state index in [0.29, 0.717) is 16.7 Å². The fraction of sp³-hybridized carbons (Fsp3) is 0.231. The van der Waals surface area contributed by atoms with Crippen molar-refractivity contribution in [2.45, 2.75) is 38.9 Å². The van der Waals surface area contributed by atoms with Crippen LogP contribution in [-0.2, 0) is 18.1 Å². The third-order valence-electron chi connectivity index (χ3n) is 5.82. The first-order valence-electron chi connectivity index (χ1n) is 11.3. The maximum absolute atomic E-state index is 13.7. The van der Waals surface area contributed by atoms with E-state index in [0.717, 1.165) is 22.4 Å². The number of carbonyl (C=O) groups is 1. The Bertz CT molecular complexity index is 1590. The zero-order valence-corrected chi connectivity index (χ0v) is 19.8. The summed E-state index contributed by atoms with van der Waals surface area (Å²) in [5, 5.41) is 13.1. The molecular formula is C26H23F3N6O. The molecule has 0 spiro atoms. The molecule has 0 atom stereocenters. The van der Waals surface area contributed by atoms with Crippen molar-refractivity contribution in [2.75, 3.05) is 5.32 Å². The minimum atomic E-state index is -4.66. The summed E-state index contributed by atoms with van der Waals surface area (Å²) in [5.41, 5.74) is -0.116. The van der Waals surface area contributed by atoms with Crippen LogP contribution in [-0.4, -0.2) is 30.3 Å². The van der Waals surface area contributed by atoms with E-state index in [2.05, 4.69) is 20.5 Å². The average Bonchev–Trinajstić information content (AvgIpc) is 3.44. The number of alkyl halides is 3. The van der Waals surface area contributed by atoms with Crippen LogP contribution in [0.5, 0.6) is 0 Å². The second-order valence-electron chi connectivity index (χ2n) is 9.59. The lowest BCUT2D eigenvalue weighted by Gasteiger charge is -2.19. The molecule has 0 radical (unpaired) electrons. The molecule has 10 heteroatoms. The van der Waals surface area contributed by atoms with Gasteiger partial charge in [0.2, 0.25) is 0 Å². The van der Waals surface area contributed by atoms with Crippen LogP contribution in [0.15, 0.2) is 67.0 Å². The van der Waals surface area contributed by atoms with E-state index in [-0.39, 0.29) is 17.0 Å². The maximum Gasteiger partial charge on any atom is 0.433 e. The molecule has 0 fully saturated rings. The minimum absolute atomic E-state index is 0.0495. The highest BCUT2D eigenvalue weighted by molar-refractivity contribution is 6.03. The van der Waals surface area contributed by atoms with Gasteiger partial charge in [-0.1, -0.05) is 63.2 Å². The number of hydrogen-bond donors (Lipinski definition) is 1. The summed E-state index contributed by atoms with van der Waals surface area (Å²) in [6, 6.07) is 16.3. The second-order valence-corrected chi connectivity index (χ2v) is 9.59. The van der Waals surface area contributed by atoms with Crippen LogP contribution < -0.4 is 5.32 Å². The van der Waals surface area contributed by atoms with Crippen LogP contribution in [0, 0.1) is 0 Å². The van der Waals surface area contributed by atoms with Crippen LogP contribution in [0.25, 0.3) is 16.4 Å². The van der Waals surface area contributed by atoms with Gasteiger partial charge in [-0.3, -0.25) is 9.48 Å². The molecule has 5 aromatic rings. The van der Waals surface area contributed by atoms with Crippen molar-refractivity contribution in [3.05, 3.63) is 89.6 Å². The number of aromatic nitrogens is 5. The lowest BCUT2D eigenvalue weighted by molar-refractivity contribution is -0.142. The van der Waals surface area contributed by atoms with Crippen molar-refractivity contribution < 1.29 is 18.0 Å². The van der Waals surface area contributed by atoms with Crippen LogP contribution in [0.3, 0.4) is 0 Å². The number of benzene rings is 2. The number of halogens is 3. The molecule has 3 aromatic heterocycles. The molecule has 7 nitrogen and oxygen atoms in total. The Morgan fingerprint density at radius 1 is 1.03 bits per heavy atom. The molecule has 36 heavy (non-hydrogen) atoms. The van der Waals surface area contributed by atoms with Crippen molar-refractivity contribution in [2.24, 2.45) is 0 Å². The van der Waals surface area contributed by atoms with Gasteiger partial charge in [-0.2, -0.15) is 23.4 Å². The first kappa shape index (κ1) is 23.5. The highest BCUT2D eigenvalue weighted by Crippen LogP contribution is 2.32. The molecule has 0 aliphatic carbocycles. The highest BCUT2D eigenvalue weighted by Gasteiger charge is 2.36. The Morgan fingerprint density at radius 2 is 1.78 bits per heavy atom. The molecule has 184 valence electrons. The van der Waals surface area contributed by atoms with Crippen LogP contribution in [0.1, 0.15) is 48.2 Å². The summed E-state index contributed by atoms with van der Waals surface area (Å²) >= 11 is 0. The third-order valence-corrected chi connectivity index (χ3v) is 5.82. The van der Waals surface area contributed by atoms with Crippen molar-refractivity contribution >= 4 is 28.0 Å². The Balaban J connectivity index is 1.40. The van der Waals surface area contributed by atoms with Crippen LogP contribution >= 0.6 is 0 Å². The molecular weight excluding hydrogens is 469 g/mol. The standard InChI is InChI=1S/C26H23F3N6O/c1-25(2,3)21-12-22(26(27,28)29)35-23(32-21)11-20(33-35)24(36)31-18-13-30-34(15-18)14-17-9-6-8-16-7-4-5-10-19(16)17/h4-13,15H,14H2,1-3H3,(H,31,36). The van der Waals surface area contributed by atoms with Gasteiger partial charge in [-0.25, -0.2) is 9.50 Å². The van der Waals surface area contributed by atoms with E-state index in [1.807, 2.05) is 42.5 Å². The molecule has 5 rings (SSSR count). The maximum atomic E-state index is 13.7. The summed E-state index contributed by atoms with van der Waals surface area (Å²) in [6.07, 6.45) is -1.52. The molecule has 3 heterocycles. The van der Waals surface area contributed by atoms with E-state index < -0.39 is 23.2 Å². The van der Waals surface area contributed by atoms with Gasteiger partial charge in [0.1, 0.15) is 5.69 Å². The largest absolute Gasteiger partial charge is 0.433 e. The molecule has 0 saturated carbocycles. The van der Waals surface area contributed by atoms with Crippen LogP contribution in [0.2, 0.25) is 0 Å². The van der Waals surface area contributed by atoms with E-state index >= 15 is 0 Å². The predicted molar refractivity (Wildman–Crippen MR) is 130 cm³/mol. The molecule has 2 aromatic carbocycles. The summed E-state index contributed by atoms with van der Waals surface area (Å²) < 4.78 is 43.5. The Kier molecular flexibility index (Phi) is 5.54. The van der Waals surface area contributed by atoms with Gasteiger partial charge in [-0.05, 0) is 22.4 Å². The first-order valence-corrected chi connectivity index (χ1v) is 11.3. The quantitative estimate of drug-likeness (QED) is 0.349. The highest BCUT2D eigenvalue weighted by atomic mass is 19.4. The molecule has 0 bridgehead atoms. The van der Waals surface area contributed by atoms with Gasteiger partial charge in [0.05, 0.1) is 24.1 Å². The molecule has 0 aliphatic heterocycles. The minimum Gasteiger partial charge on any atom is -0.318 e. The monoisotopic (exact) mass is 492 g/mol. The van der Waals surface area contributed by atoms with E-state index in [4.69, 9.17) is 0 Å². The van der Waals surface area contributed by atoms with Crippen molar-refractivity contribution in [1.29, 1.82) is 0 Å². The summed E-state index contributed by atoms with van der Waals surface area (Å²) in [7, 11) is 0. The fourth-order valence-corrected chi connectivity index (χ4v) is 3.99. The number of anilines is 1. The first-order chi connectivity index (χ1) is 17.0. The van der Waals surface area contributed by atoms with Gasteiger partial charge in [0, 0.05) is 17.7 Å². The van der Waals surface area contributed by atoms with Gasteiger partial charge >= 0.3 is 6.18 Å². The van der Waals surface area contributed by atoms with E-state index in [9.17, 15) is 18.0 Å². The number of nitrogens with one attached hydrogen (secondary N) is 1. The van der Waals surface area contributed by atoms with Gasteiger partial charge in [0.15, 0.2) is 11.3 Å². The molecule has 0 saturated heterocycles. The second kappa shape index (κ2) is 8.47. The van der Waals surface area contributed by atoms with Crippen molar-refractivity contribution in [3.8, 4) is 0 Å². The zero-order chi connectivity index (χ0) is 25.7. The SMILES string of the molecule is CC(C)(C)c1cc(C(F)(F)F)n2nc(C(=O)Nc3cnn(Cc4cccc5ccccc45)c3)cc2n1. The molecule has 1 N–H and O–H groups in total. The summed E-state index contributed by atoms with van der Waals surface area (Å²) in [4.78, 5) is 17.1. The Hall–Kier alpha value is -4.21. The fourth-order valence-electron chi connectivity index (χ4n) is 3.99. The predicted octanol–water partition coefficient (Wildman–Crippen LogP) is 5.70. The summed E-state index contributed by atoms with van der Waals surface area (Å²) in [6.45, 7) is 5.80. The Morgan fingerprint density at radius 3 is 2.53 bits per heavy atom. The van der Waals surface area contributed by atoms with Crippen molar-refractivity contribution in [1.82, 2.24) is 24.4 Å². The lowest BCUT2D eigenvalue weighted by atomic mass is 9.91. The van der Waals surface area contributed by atoms with Crippen molar-refractivity contribution in [3.63, 3.8) is 0 Å². The zero-order valence-electron chi connectivity index (χ0n) is 19.8. The van der Waals surface area contributed by atoms with Gasteiger partial charge in [0.25, 0.3) is 5.91 Å². The topological polar surface area (TPSA) is 77.1 Å². The smallest absolute Gasteiger partial charge is 0.318 e. The molecule has 0 aliphatic rings. The normalized spacial score (nSPS) is 12.4. The van der Waals surface area contributed by atoms with E-state index in [1.54, 1.807) is 31.6 Å². The van der Waals surface area contributed by atoms with E-state index in [1.165, 1.54) is 12.3 Å². The average molecular weight is 493 g/mol. The van der Waals surface area contributed by atoms with Gasteiger partial charge < -0.3 is 5.32 Å². The van der Waals surface area contributed by atoms with Crippen LogP contribution in [0.4, 0.5) is 18.9 Å².